The normalized spacial score (nSPS) is 10.3. The number of carboxylic acid groups (broad SMARTS) is 2. The molecule has 2 rings (SSSR count). The number of aliphatic carboxylic acids is 1. The smallest absolute Gasteiger partial charge is 0.336 e. The van der Waals surface area contributed by atoms with E-state index in [2.05, 4.69) is 0 Å². The highest BCUT2D eigenvalue weighted by Crippen LogP contribution is 2.34. The van der Waals surface area contributed by atoms with E-state index in [1.54, 1.807) is 36.4 Å². The van der Waals surface area contributed by atoms with E-state index in [0.717, 1.165) is 0 Å². The topological polar surface area (TPSA) is 74.6 Å². The second-order valence-electron chi connectivity index (χ2n) is 4.23. The van der Waals surface area contributed by atoms with Crippen LogP contribution in [0.2, 0.25) is 5.02 Å². The third-order valence-corrected chi connectivity index (χ3v) is 4.14. The lowest BCUT2D eigenvalue weighted by atomic mass is 10.1. The fourth-order valence-electron chi connectivity index (χ4n) is 1.79. The minimum Gasteiger partial charge on any atom is -0.481 e. The summed E-state index contributed by atoms with van der Waals surface area (Å²) < 4.78 is 0. The average molecular weight is 323 g/mol. The molecule has 0 aliphatic heterocycles. The van der Waals surface area contributed by atoms with E-state index in [-0.39, 0.29) is 12.0 Å². The number of halogens is 1. The lowest BCUT2D eigenvalue weighted by Gasteiger charge is -2.09. The minimum atomic E-state index is -1.07. The second-order valence-corrected chi connectivity index (χ2v) is 5.75. The molecule has 2 N–H and O–H groups in total. The van der Waals surface area contributed by atoms with Crippen molar-refractivity contribution in [1.82, 2.24) is 0 Å². The van der Waals surface area contributed by atoms with Crippen LogP contribution in [0.3, 0.4) is 0 Å². The van der Waals surface area contributed by atoms with Gasteiger partial charge in [-0.3, -0.25) is 4.79 Å². The quantitative estimate of drug-likeness (QED) is 0.875. The maximum absolute atomic E-state index is 11.3. The number of hydrogen-bond donors (Lipinski definition) is 2. The molecule has 0 unspecified atom stereocenters. The van der Waals surface area contributed by atoms with Crippen LogP contribution in [0.5, 0.6) is 0 Å². The minimum absolute atomic E-state index is 0.0950. The van der Waals surface area contributed by atoms with Gasteiger partial charge >= 0.3 is 11.9 Å². The predicted octanol–water partition coefficient (Wildman–Crippen LogP) is 3.82. The molecule has 0 radical (unpaired) electrons. The van der Waals surface area contributed by atoms with Crippen molar-refractivity contribution in [2.45, 2.75) is 16.2 Å². The van der Waals surface area contributed by atoms with E-state index in [1.807, 2.05) is 0 Å². The average Bonchev–Trinajstić information content (AvgIpc) is 2.42. The van der Waals surface area contributed by atoms with Gasteiger partial charge in [0.05, 0.1) is 12.0 Å². The Balaban J connectivity index is 2.39. The summed E-state index contributed by atoms with van der Waals surface area (Å²) in [4.78, 5) is 23.4. The molecule has 0 atom stereocenters. The predicted molar refractivity (Wildman–Crippen MR) is 80.3 cm³/mol. The second kappa shape index (κ2) is 6.65. The van der Waals surface area contributed by atoms with E-state index in [0.29, 0.717) is 20.4 Å². The lowest BCUT2D eigenvalue weighted by Crippen LogP contribution is -2.02. The Hall–Kier alpha value is -1.98. The van der Waals surface area contributed by atoms with E-state index in [9.17, 15) is 14.7 Å². The van der Waals surface area contributed by atoms with Gasteiger partial charge in [0.15, 0.2) is 0 Å². The first-order chi connectivity index (χ1) is 9.97. The lowest BCUT2D eigenvalue weighted by molar-refractivity contribution is -0.136. The van der Waals surface area contributed by atoms with Crippen LogP contribution in [0, 0.1) is 0 Å². The molecule has 0 heterocycles. The zero-order valence-electron chi connectivity index (χ0n) is 10.7. The summed E-state index contributed by atoms with van der Waals surface area (Å²) in [6, 6.07) is 11.6. The van der Waals surface area contributed by atoms with Crippen molar-refractivity contribution in [2.75, 3.05) is 0 Å². The van der Waals surface area contributed by atoms with Crippen molar-refractivity contribution in [3.8, 4) is 0 Å². The highest BCUT2D eigenvalue weighted by atomic mass is 35.5. The molecular weight excluding hydrogens is 312 g/mol. The number of rotatable bonds is 5. The molecule has 108 valence electrons. The number of carboxylic acids is 2. The molecular formula is C15H11ClO4S. The summed E-state index contributed by atoms with van der Waals surface area (Å²) in [7, 11) is 0. The molecule has 0 saturated heterocycles. The van der Waals surface area contributed by atoms with Crippen LogP contribution in [0.4, 0.5) is 0 Å². The summed E-state index contributed by atoms with van der Waals surface area (Å²) in [5.74, 6) is -2.01. The van der Waals surface area contributed by atoms with Crippen molar-refractivity contribution in [3.05, 3.63) is 58.6 Å². The molecule has 0 saturated carbocycles. The van der Waals surface area contributed by atoms with Crippen molar-refractivity contribution in [3.63, 3.8) is 0 Å². The van der Waals surface area contributed by atoms with E-state index in [1.165, 1.54) is 17.8 Å². The molecule has 0 fully saturated rings. The third kappa shape index (κ3) is 4.00. The first-order valence-corrected chi connectivity index (χ1v) is 7.17. The summed E-state index contributed by atoms with van der Waals surface area (Å²) in [6.07, 6.45) is -0.112. The van der Waals surface area contributed by atoms with Gasteiger partial charge in [-0.25, -0.2) is 4.79 Å². The molecule has 0 aliphatic carbocycles. The van der Waals surface area contributed by atoms with Gasteiger partial charge in [-0.1, -0.05) is 41.6 Å². The van der Waals surface area contributed by atoms with Crippen LogP contribution >= 0.6 is 23.4 Å². The number of benzene rings is 2. The Morgan fingerprint density at radius 1 is 1.05 bits per heavy atom. The molecule has 0 aromatic heterocycles. The highest BCUT2D eigenvalue weighted by molar-refractivity contribution is 7.99. The molecule has 0 spiro atoms. The number of carbonyl (C=O) groups is 2. The van der Waals surface area contributed by atoms with E-state index < -0.39 is 11.9 Å². The summed E-state index contributed by atoms with van der Waals surface area (Å²) in [5, 5.41) is 18.5. The molecule has 0 amide bonds. The van der Waals surface area contributed by atoms with Crippen LogP contribution in [0.25, 0.3) is 0 Å². The largest absolute Gasteiger partial charge is 0.481 e. The van der Waals surface area contributed by atoms with Crippen LogP contribution in [-0.4, -0.2) is 22.2 Å². The maximum atomic E-state index is 11.3. The van der Waals surface area contributed by atoms with Gasteiger partial charge in [0, 0.05) is 14.8 Å². The number of aromatic carboxylic acids is 1. The SMILES string of the molecule is O=C(O)Cc1ccccc1Sc1ccc(Cl)cc1C(=O)O. The van der Waals surface area contributed by atoms with Gasteiger partial charge in [0.25, 0.3) is 0 Å². The maximum Gasteiger partial charge on any atom is 0.336 e. The zero-order chi connectivity index (χ0) is 15.4. The van der Waals surface area contributed by atoms with Gasteiger partial charge in [-0.2, -0.15) is 0 Å². The van der Waals surface area contributed by atoms with E-state index >= 15 is 0 Å². The molecule has 6 heteroatoms. The Morgan fingerprint density at radius 3 is 2.43 bits per heavy atom. The highest BCUT2D eigenvalue weighted by Gasteiger charge is 2.14. The number of hydrogen-bond acceptors (Lipinski definition) is 3. The monoisotopic (exact) mass is 322 g/mol. The zero-order valence-corrected chi connectivity index (χ0v) is 12.3. The van der Waals surface area contributed by atoms with Crippen molar-refractivity contribution in [1.29, 1.82) is 0 Å². The Morgan fingerprint density at radius 2 is 1.76 bits per heavy atom. The van der Waals surface area contributed by atoms with Crippen LogP contribution in [0.1, 0.15) is 15.9 Å². The fourth-order valence-corrected chi connectivity index (χ4v) is 3.01. The Kier molecular flexibility index (Phi) is 4.88. The summed E-state index contributed by atoms with van der Waals surface area (Å²) >= 11 is 7.03. The van der Waals surface area contributed by atoms with Gasteiger partial charge in [-0.15, -0.1) is 0 Å². The summed E-state index contributed by atoms with van der Waals surface area (Å²) in [5.41, 5.74) is 0.735. The molecule has 4 nitrogen and oxygen atoms in total. The van der Waals surface area contributed by atoms with Gasteiger partial charge in [0.2, 0.25) is 0 Å². The standard InChI is InChI=1S/C15H11ClO4S/c16-10-5-6-13(11(8-10)15(19)20)21-12-4-2-1-3-9(12)7-14(17)18/h1-6,8H,7H2,(H,17,18)(H,19,20). The summed E-state index contributed by atoms with van der Waals surface area (Å²) in [6.45, 7) is 0. The fraction of sp³-hybridized carbons (Fsp3) is 0.0667. The Labute approximate surface area is 130 Å². The van der Waals surface area contributed by atoms with Crippen LogP contribution < -0.4 is 0 Å². The molecule has 21 heavy (non-hydrogen) atoms. The van der Waals surface area contributed by atoms with Crippen molar-refractivity contribution < 1.29 is 19.8 Å². The van der Waals surface area contributed by atoms with Crippen molar-refractivity contribution in [2.24, 2.45) is 0 Å². The Bertz CT molecular complexity index is 700. The first kappa shape index (κ1) is 15.4. The van der Waals surface area contributed by atoms with Crippen LogP contribution in [-0.2, 0) is 11.2 Å². The molecule has 0 bridgehead atoms. The first-order valence-electron chi connectivity index (χ1n) is 5.98. The molecule has 2 aromatic carbocycles. The van der Waals surface area contributed by atoms with E-state index in [4.69, 9.17) is 16.7 Å². The molecule has 0 aliphatic rings. The third-order valence-electron chi connectivity index (χ3n) is 2.71. The molecule has 2 aromatic rings. The van der Waals surface area contributed by atoms with Gasteiger partial charge in [-0.05, 0) is 29.8 Å². The van der Waals surface area contributed by atoms with Crippen LogP contribution in [0.15, 0.2) is 52.3 Å². The van der Waals surface area contributed by atoms with Gasteiger partial charge in [0.1, 0.15) is 0 Å². The van der Waals surface area contributed by atoms with Crippen molar-refractivity contribution >= 4 is 35.3 Å². The van der Waals surface area contributed by atoms with Gasteiger partial charge < -0.3 is 10.2 Å².